The van der Waals surface area contributed by atoms with E-state index in [0.717, 1.165) is 24.0 Å². The summed E-state index contributed by atoms with van der Waals surface area (Å²) in [5.74, 6) is 0. The topological polar surface area (TPSA) is 118 Å². The summed E-state index contributed by atoms with van der Waals surface area (Å²) in [5.41, 5.74) is 14.2. The lowest BCUT2D eigenvalue weighted by molar-refractivity contribution is -0.0126. The zero-order valence-corrected chi connectivity index (χ0v) is 18.6. The summed E-state index contributed by atoms with van der Waals surface area (Å²) in [7, 11) is 0. The van der Waals surface area contributed by atoms with Crippen molar-refractivity contribution in [2.45, 2.75) is 50.0 Å². The maximum Gasteiger partial charge on any atom is 0.0964 e. The van der Waals surface area contributed by atoms with Crippen LogP contribution in [-0.4, -0.2) is 44.5 Å². The number of pyridine rings is 2. The van der Waals surface area contributed by atoms with Crippen molar-refractivity contribution < 1.29 is 10.2 Å². The first-order valence-electron chi connectivity index (χ1n) is 8.23. The standard InChI is InChI=1S/C18H26N4O2.4ClH/c19-15(3-1-13-5-9-21-10-6-13)17(23)18(24)16(20)4-2-14-7-11-22-12-8-14;;;;/h5-12,15-18,23-24H,1-4,19-20H2;4*1H/t15-,16-,17+,18+;;;;/m0..../s1. The van der Waals surface area contributed by atoms with Crippen LogP contribution in [0.25, 0.3) is 0 Å². The number of rotatable bonds is 9. The summed E-state index contributed by atoms with van der Waals surface area (Å²) in [6, 6.07) is 6.60. The molecule has 10 heteroatoms. The number of aliphatic hydroxyl groups excluding tert-OH is 2. The fourth-order valence-electron chi connectivity index (χ4n) is 2.61. The Morgan fingerprint density at radius 1 is 0.643 bits per heavy atom. The van der Waals surface area contributed by atoms with Gasteiger partial charge in [-0.25, -0.2) is 0 Å². The normalized spacial score (nSPS) is 14.0. The highest BCUT2D eigenvalue weighted by Gasteiger charge is 2.28. The van der Waals surface area contributed by atoms with Gasteiger partial charge in [0.2, 0.25) is 0 Å². The molecule has 0 spiro atoms. The van der Waals surface area contributed by atoms with Crippen LogP contribution in [0.1, 0.15) is 24.0 Å². The van der Waals surface area contributed by atoms with E-state index in [2.05, 4.69) is 9.97 Å². The Balaban J connectivity index is -0.00000156. The molecule has 0 aromatic carbocycles. The average molecular weight is 476 g/mol. The summed E-state index contributed by atoms with van der Waals surface area (Å²) < 4.78 is 0. The minimum absolute atomic E-state index is 0. The lowest BCUT2D eigenvalue weighted by Crippen LogP contribution is -2.51. The molecule has 2 aromatic rings. The van der Waals surface area contributed by atoms with Crippen molar-refractivity contribution in [1.29, 1.82) is 0 Å². The molecule has 0 saturated carbocycles. The summed E-state index contributed by atoms with van der Waals surface area (Å²) in [6.07, 6.45) is 7.39. The zero-order valence-electron chi connectivity index (χ0n) is 15.3. The number of aliphatic hydroxyl groups is 2. The van der Waals surface area contributed by atoms with Gasteiger partial charge in [-0.05, 0) is 61.1 Å². The Kier molecular flexibility index (Phi) is 19.6. The van der Waals surface area contributed by atoms with Crippen molar-refractivity contribution in [3.8, 4) is 0 Å². The van der Waals surface area contributed by atoms with Crippen LogP contribution in [0, 0.1) is 0 Å². The highest BCUT2D eigenvalue weighted by atomic mass is 35.5. The third kappa shape index (κ3) is 10.7. The monoisotopic (exact) mass is 474 g/mol. The molecule has 2 aromatic heterocycles. The maximum atomic E-state index is 10.3. The molecule has 0 fully saturated rings. The third-order valence-corrected chi connectivity index (χ3v) is 4.26. The smallest absolute Gasteiger partial charge is 0.0964 e. The summed E-state index contributed by atoms with van der Waals surface area (Å²) in [5, 5.41) is 20.5. The van der Waals surface area contributed by atoms with Crippen LogP contribution in [0.15, 0.2) is 49.1 Å². The van der Waals surface area contributed by atoms with E-state index in [-0.39, 0.29) is 49.6 Å². The second kappa shape index (κ2) is 17.2. The van der Waals surface area contributed by atoms with E-state index in [1.165, 1.54) is 0 Å². The Bertz CT molecular complexity index is 545. The molecule has 162 valence electrons. The van der Waals surface area contributed by atoms with E-state index >= 15 is 0 Å². The molecule has 28 heavy (non-hydrogen) atoms. The van der Waals surface area contributed by atoms with Gasteiger partial charge in [0.1, 0.15) is 0 Å². The number of aromatic nitrogens is 2. The minimum Gasteiger partial charge on any atom is -0.389 e. The molecule has 2 rings (SSSR count). The van der Waals surface area contributed by atoms with Crippen LogP contribution in [0.2, 0.25) is 0 Å². The van der Waals surface area contributed by atoms with Gasteiger partial charge in [-0.15, -0.1) is 49.6 Å². The van der Waals surface area contributed by atoms with E-state index in [0.29, 0.717) is 12.8 Å². The number of aryl methyl sites for hydroxylation is 2. The Morgan fingerprint density at radius 2 is 0.929 bits per heavy atom. The van der Waals surface area contributed by atoms with E-state index in [1.807, 2.05) is 24.3 Å². The predicted octanol–water partition coefficient (Wildman–Crippen LogP) is 2.11. The van der Waals surface area contributed by atoms with Crippen LogP contribution in [-0.2, 0) is 12.8 Å². The molecule has 0 radical (unpaired) electrons. The molecule has 6 nitrogen and oxygen atoms in total. The van der Waals surface area contributed by atoms with Gasteiger partial charge >= 0.3 is 0 Å². The van der Waals surface area contributed by atoms with Gasteiger partial charge in [0.25, 0.3) is 0 Å². The molecular weight excluding hydrogens is 446 g/mol. The van der Waals surface area contributed by atoms with Gasteiger partial charge < -0.3 is 21.7 Å². The van der Waals surface area contributed by atoms with Crippen molar-refractivity contribution in [2.24, 2.45) is 11.5 Å². The molecule has 0 aliphatic rings. The second-order valence-electron chi connectivity index (χ2n) is 6.10. The molecule has 0 aliphatic carbocycles. The van der Waals surface area contributed by atoms with E-state index in [4.69, 9.17) is 11.5 Å². The van der Waals surface area contributed by atoms with Crippen molar-refractivity contribution >= 4 is 49.6 Å². The molecule has 6 N–H and O–H groups in total. The first-order chi connectivity index (χ1) is 11.6. The van der Waals surface area contributed by atoms with Gasteiger partial charge in [0, 0.05) is 36.9 Å². The van der Waals surface area contributed by atoms with E-state index in [9.17, 15) is 10.2 Å². The SMILES string of the molecule is Cl.Cl.Cl.Cl.N[C@@H](CCc1ccncc1)[C@@H](O)[C@H](O)[C@@H](N)CCc1ccncc1. The number of nitrogens with zero attached hydrogens (tertiary/aromatic N) is 2. The summed E-state index contributed by atoms with van der Waals surface area (Å²) >= 11 is 0. The van der Waals surface area contributed by atoms with Crippen LogP contribution in [0.3, 0.4) is 0 Å². The fraction of sp³-hybridized carbons (Fsp3) is 0.444. The van der Waals surface area contributed by atoms with Crippen molar-refractivity contribution in [3.05, 3.63) is 60.2 Å². The van der Waals surface area contributed by atoms with E-state index < -0.39 is 24.3 Å². The van der Waals surface area contributed by atoms with Gasteiger partial charge in [0.05, 0.1) is 12.2 Å². The van der Waals surface area contributed by atoms with Crippen molar-refractivity contribution in [1.82, 2.24) is 9.97 Å². The molecule has 4 atom stereocenters. The van der Waals surface area contributed by atoms with Crippen LogP contribution < -0.4 is 11.5 Å². The predicted molar refractivity (Wildman–Crippen MR) is 122 cm³/mol. The Hall–Kier alpha value is -0.700. The highest BCUT2D eigenvalue weighted by Crippen LogP contribution is 2.12. The second-order valence-corrected chi connectivity index (χ2v) is 6.10. The van der Waals surface area contributed by atoms with Gasteiger partial charge in [0.15, 0.2) is 0 Å². The van der Waals surface area contributed by atoms with Gasteiger partial charge in [-0.3, -0.25) is 9.97 Å². The molecule has 0 saturated heterocycles. The van der Waals surface area contributed by atoms with E-state index in [1.54, 1.807) is 24.8 Å². The van der Waals surface area contributed by atoms with Crippen molar-refractivity contribution in [2.75, 3.05) is 0 Å². The molecule has 2 heterocycles. The van der Waals surface area contributed by atoms with Crippen LogP contribution >= 0.6 is 49.6 Å². The lowest BCUT2D eigenvalue weighted by Gasteiger charge is -2.28. The molecule has 0 aliphatic heterocycles. The number of halogens is 4. The zero-order chi connectivity index (χ0) is 17.4. The summed E-state index contributed by atoms with van der Waals surface area (Å²) in [6.45, 7) is 0. The maximum absolute atomic E-state index is 10.3. The number of nitrogens with two attached hydrogens (primary N) is 2. The minimum atomic E-state index is -1.04. The third-order valence-electron chi connectivity index (χ3n) is 4.26. The van der Waals surface area contributed by atoms with Gasteiger partial charge in [-0.2, -0.15) is 0 Å². The Labute approximate surface area is 191 Å². The Morgan fingerprint density at radius 3 is 1.21 bits per heavy atom. The van der Waals surface area contributed by atoms with Crippen LogP contribution in [0.4, 0.5) is 0 Å². The fourth-order valence-corrected chi connectivity index (χ4v) is 2.61. The molecule has 0 unspecified atom stereocenters. The largest absolute Gasteiger partial charge is 0.389 e. The highest BCUT2D eigenvalue weighted by molar-refractivity contribution is 5.86. The molecule has 0 amide bonds. The summed E-state index contributed by atoms with van der Waals surface area (Å²) in [4.78, 5) is 7.93. The van der Waals surface area contributed by atoms with Crippen LogP contribution in [0.5, 0.6) is 0 Å². The van der Waals surface area contributed by atoms with Gasteiger partial charge in [-0.1, -0.05) is 0 Å². The first kappa shape index (κ1) is 32.0. The number of hydrogen-bond acceptors (Lipinski definition) is 6. The average Bonchev–Trinajstić information content (AvgIpc) is 2.64. The molecule has 0 bridgehead atoms. The molecular formula is C18H30Cl4N4O2. The lowest BCUT2D eigenvalue weighted by atomic mass is 9.93. The van der Waals surface area contributed by atoms with Crippen molar-refractivity contribution in [3.63, 3.8) is 0 Å². The quantitative estimate of drug-likeness (QED) is 0.441. The first-order valence-corrected chi connectivity index (χ1v) is 8.23. The number of hydrogen-bond donors (Lipinski definition) is 4.